The molecule has 1 aromatic rings. The van der Waals surface area contributed by atoms with Crippen molar-refractivity contribution in [3.63, 3.8) is 0 Å². The Hall–Kier alpha value is -1.10. The second-order valence-corrected chi connectivity index (χ2v) is 7.14. The molecule has 0 saturated heterocycles. The molecular weight excluding hydrogens is 284 g/mol. The maximum absolute atomic E-state index is 11.2. The van der Waals surface area contributed by atoms with Crippen molar-refractivity contribution in [1.29, 1.82) is 0 Å². The molecule has 1 fully saturated rings. The van der Waals surface area contributed by atoms with Crippen molar-refractivity contribution in [2.24, 2.45) is 0 Å². The minimum atomic E-state index is -0.825. The van der Waals surface area contributed by atoms with Crippen molar-refractivity contribution < 1.29 is 9.90 Å². The van der Waals surface area contributed by atoms with Crippen LogP contribution in [0.1, 0.15) is 67.7 Å². The Bertz CT molecular complexity index is 490. The summed E-state index contributed by atoms with van der Waals surface area (Å²) in [5.41, 5.74) is 2.36. The predicted molar refractivity (Wildman–Crippen MR) is 85.7 cm³/mol. The topological polar surface area (TPSA) is 63.1 Å². The van der Waals surface area contributed by atoms with Gasteiger partial charge in [-0.1, -0.05) is 19.3 Å². The van der Waals surface area contributed by atoms with E-state index in [-0.39, 0.29) is 0 Å². The molecule has 1 atom stereocenters. The highest BCUT2D eigenvalue weighted by Gasteiger charge is 2.21. The standard InChI is InChI=1S/C16H24N2O2S/c1-10(16(19)20)15-11(2)17-14(18-12(15)3)9-21-13-7-5-4-6-8-13/h10,13H,4-9H2,1-3H3,(H,19,20). The monoisotopic (exact) mass is 308 g/mol. The molecular formula is C16H24N2O2S. The zero-order chi connectivity index (χ0) is 15.4. The maximum atomic E-state index is 11.2. The van der Waals surface area contributed by atoms with E-state index in [0.29, 0.717) is 0 Å². The van der Waals surface area contributed by atoms with Crippen molar-refractivity contribution in [3.05, 3.63) is 22.8 Å². The number of carboxylic acid groups (broad SMARTS) is 1. The first-order chi connectivity index (χ1) is 9.99. The summed E-state index contributed by atoms with van der Waals surface area (Å²) in [4.78, 5) is 20.2. The van der Waals surface area contributed by atoms with Crippen molar-refractivity contribution in [2.45, 2.75) is 69.8 Å². The van der Waals surface area contributed by atoms with Gasteiger partial charge in [-0.05, 0) is 33.6 Å². The number of thioether (sulfide) groups is 1. The van der Waals surface area contributed by atoms with Gasteiger partial charge in [-0.3, -0.25) is 4.79 Å². The van der Waals surface area contributed by atoms with Gasteiger partial charge < -0.3 is 5.11 Å². The van der Waals surface area contributed by atoms with E-state index < -0.39 is 11.9 Å². The summed E-state index contributed by atoms with van der Waals surface area (Å²) in [6.45, 7) is 5.47. The lowest BCUT2D eigenvalue weighted by atomic mass is 9.98. The Morgan fingerprint density at radius 1 is 1.24 bits per heavy atom. The lowest BCUT2D eigenvalue weighted by Gasteiger charge is -2.21. The number of hydrogen-bond donors (Lipinski definition) is 1. The summed E-state index contributed by atoms with van der Waals surface area (Å²) in [5, 5.41) is 9.90. The molecule has 1 aliphatic carbocycles. The van der Waals surface area contributed by atoms with E-state index in [1.54, 1.807) is 6.92 Å². The van der Waals surface area contributed by atoms with Crippen LogP contribution < -0.4 is 0 Å². The van der Waals surface area contributed by atoms with Crippen LogP contribution in [0.25, 0.3) is 0 Å². The van der Waals surface area contributed by atoms with Crippen LogP contribution in [0.5, 0.6) is 0 Å². The zero-order valence-electron chi connectivity index (χ0n) is 13.1. The summed E-state index contributed by atoms with van der Waals surface area (Å²) < 4.78 is 0. The van der Waals surface area contributed by atoms with Crippen LogP contribution in [0, 0.1) is 13.8 Å². The minimum absolute atomic E-state index is 0.551. The first kappa shape index (κ1) is 16.3. The summed E-state index contributed by atoms with van der Waals surface area (Å²) >= 11 is 1.95. The van der Waals surface area contributed by atoms with Crippen LogP contribution in [-0.2, 0) is 10.5 Å². The Kier molecular flexibility index (Phi) is 5.62. The Morgan fingerprint density at radius 3 is 2.33 bits per heavy atom. The number of aryl methyl sites for hydroxylation is 2. The molecule has 1 aromatic heterocycles. The molecule has 1 heterocycles. The third kappa shape index (κ3) is 4.19. The Labute approximate surface area is 130 Å². The summed E-state index contributed by atoms with van der Waals surface area (Å²) in [5.74, 6) is 0.287. The molecule has 1 unspecified atom stereocenters. The molecule has 2 rings (SSSR count). The maximum Gasteiger partial charge on any atom is 0.310 e. The van der Waals surface area contributed by atoms with E-state index in [1.165, 1.54) is 32.1 Å². The molecule has 0 bridgehead atoms. The van der Waals surface area contributed by atoms with Gasteiger partial charge in [0, 0.05) is 22.2 Å². The molecule has 0 aromatic carbocycles. The Morgan fingerprint density at radius 2 is 1.81 bits per heavy atom. The highest BCUT2D eigenvalue weighted by molar-refractivity contribution is 7.99. The van der Waals surface area contributed by atoms with Gasteiger partial charge in [0.2, 0.25) is 0 Å². The van der Waals surface area contributed by atoms with Crippen molar-refractivity contribution in [2.75, 3.05) is 0 Å². The van der Waals surface area contributed by atoms with E-state index in [0.717, 1.165) is 33.8 Å². The van der Waals surface area contributed by atoms with Gasteiger partial charge in [-0.2, -0.15) is 11.8 Å². The number of hydrogen-bond acceptors (Lipinski definition) is 4. The highest BCUT2D eigenvalue weighted by Crippen LogP contribution is 2.30. The molecule has 5 heteroatoms. The minimum Gasteiger partial charge on any atom is -0.481 e. The Balaban J connectivity index is 2.06. The zero-order valence-corrected chi connectivity index (χ0v) is 13.9. The van der Waals surface area contributed by atoms with Crippen LogP contribution in [0.2, 0.25) is 0 Å². The third-order valence-corrected chi connectivity index (χ3v) is 5.54. The van der Waals surface area contributed by atoms with E-state index in [9.17, 15) is 4.79 Å². The van der Waals surface area contributed by atoms with E-state index in [1.807, 2.05) is 25.6 Å². The normalized spacial score (nSPS) is 17.7. The van der Waals surface area contributed by atoms with Crippen LogP contribution in [-0.4, -0.2) is 26.3 Å². The van der Waals surface area contributed by atoms with E-state index >= 15 is 0 Å². The quantitative estimate of drug-likeness (QED) is 0.895. The molecule has 0 radical (unpaired) electrons. The lowest BCUT2D eigenvalue weighted by Crippen LogP contribution is -2.15. The molecule has 1 N–H and O–H groups in total. The fourth-order valence-electron chi connectivity index (χ4n) is 3.03. The first-order valence-electron chi connectivity index (χ1n) is 7.67. The fourth-order valence-corrected chi connectivity index (χ4v) is 4.21. The summed E-state index contributed by atoms with van der Waals surface area (Å²) in [6, 6.07) is 0. The van der Waals surface area contributed by atoms with Gasteiger partial charge in [0.1, 0.15) is 5.82 Å². The molecule has 0 aliphatic heterocycles. The van der Waals surface area contributed by atoms with Crippen LogP contribution in [0.3, 0.4) is 0 Å². The van der Waals surface area contributed by atoms with Gasteiger partial charge >= 0.3 is 5.97 Å². The second-order valence-electron chi connectivity index (χ2n) is 5.86. The average molecular weight is 308 g/mol. The molecule has 1 saturated carbocycles. The van der Waals surface area contributed by atoms with Crippen molar-refractivity contribution in [1.82, 2.24) is 9.97 Å². The van der Waals surface area contributed by atoms with Gasteiger partial charge in [0.15, 0.2) is 0 Å². The van der Waals surface area contributed by atoms with E-state index in [2.05, 4.69) is 9.97 Å². The van der Waals surface area contributed by atoms with Crippen molar-refractivity contribution in [3.8, 4) is 0 Å². The van der Waals surface area contributed by atoms with Gasteiger partial charge in [0.25, 0.3) is 0 Å². The lowest BCUT2D eigenvalue weighted by molar-refractivity contribution is -0.138. The van der Waals surface area contributed by atoms with Crippen molar-refractivity contribution >= 4 is 17.7 Å². The van der Waals surface area contributed by atoms with Gasteiger partial charge in [-0.25, -0.2) is 9.97 Å². The van der Waals surface area contributed by atoms with Gasteiger partial charge in [-0.15, -0.1) is 0 Å². The predicted octanol–water partition coefficient (Wildman–Crippen LogP) is 3.85. The first-order valence-corrected chi connectivity index (χ1v) is 8.72. The van der Waals surface area contributed by atoms with Crippen LogP contribution >= 0.6 is 11.8 Å². The molecule has 4 nitrogen and oxygen atoms in total. The number of rotatable bonds is 5. The van der Waals surface area contributed by atoms with Crippen LogP contribution in [0.15, 0.2) is 0 Å². The number of aromatic nitrogens is 2. The molecule has 1 aliphatic rings. The number of nitrogens with zero attached hydrogens (tertiary/aromatic N) is 2. The summed E-state index contributed by atoms with van der Waals surface area (Å²) in [6.07, 6.45) is 6.65. The fraction of sp³-hybridized carbons (Fsp3) is 0.688. The molecule has 0 spiro atoms. The number of aliphatic carboxylic acids is 1. The molecule has 0 amide bonds. The largest absolute Gasteiger partial charge is 0.481 e. The number of carboxylic acids is 1. The highest BCUT2D eigenvalue weighted by atomic mass is 32.2. The second kappa shape index (κ2) is 7.25. The van der Waals surface area contributed by atoms with Gasteiger partial charge in [0.05, 0.1) is 11.7 Å². The summed E-state index contributed by atoms with van der Waals surface area (Å²) in [7, 11) is 0. The number of carbonyl (C=O) groups is 1. The van der Waals surface area contributed by atoms with E-state index in [4.69, 9.17) is 5.11 Å². The SMILES string of the molecule is Cc1nc(CSC2CCCCC2)nc(C)c1C(C)C(=O)O. The smallest absolute Gasteiger partial charge is 0.310 e. The van der Waals surface area contributed by atoms with Crippen LogP contribution in [0.4, 0.5) is 0 Å². The molecule has 21 heavy (non-hydrogen) atoms. The third-order valence-electron chi connectivity index (χ3n) is 4.18. The molecule has 116 valence electrons. The average Bonchev–Trinajstić information content (AvgIpc) is 2.45.